The van der Waals surface area contributed by atoms with E-state index < -0.39 is 0 Å². The molecule has 1 saturated heterocycles. The number of likely N-dealkylation sites (N-methyl/N-ethyl adjacent to an activating group) is 1. The van der Waals surface area contributed by atoms with Crippen molar-refractivity contribution in [2.45, 2.75) is 25.3 Å². The monoisotopic (exact) mass is 228 g/mol. The van der Waals surface area contributed by atoms with Crippen LogP contribution >= 0.6 is 0 Å². The molecule has 0 radical (unpaired) electrons. The Hall–Kier alpha value is -1.28. The van der Waals surface area contributed by atoms with Gasteiger partial charge in [0.15, 0.2) is 0 Å². The number of benzene rings is 1. The van der Waals surface area contributed by atoms with Crippen LogP contribution in [0.4, 0.5) is 0 Å². The Morgan fingerprint density at radius 1 is 1.24 bits per heavy atom. The number of likely N-dealkylation sites (tertiary alicyclic amines) is 1. The van der Waals surface area contributed by atoms with Crippen LogP contribution in [0.2, 0.25) is 0 Å². The van der Waals surface area contributed by atoms with Crippen LogP contribution in [0.15, 0.2) is 30.5 Å². The van der Waals surface area contributed by atoms with Crippen molar-refractivity contribution in [1.29, 1.82) is 0 Å². The maximum atomic E-state index is 2.50. The van der Waals surface area contributed by atoms with Crippen LogP contribution < -0.4 is 0 Å². The molecule has 2 aromatic rings. The predicted octanol–water partition coefficient (Wildman–Crippen LogP) is 2.82. The number of nitrogens with zero attached hydrogens (tertiary/aromatic N) is 2. The van der Waals surface area contributed by atoms with Gasteiger partial charge in [0.05, 0.1) is 0 Å². The molecule has 90 valence electrons. The molecule has 1 fully saturated rings. The van der Waals surface area contributed by atoms with Crippen LogP contribution in [0.1, 0.15) is 18.4 Å². The van der Waals surface area contributed by atoms with Crippen LogP contribution in [0.5, 0.6) is 0 Å². The maximum absolute atomic E-state index is 2.50. The fourth-order valence-electron chi connectivity index (χ4n) is 3.08. The molecule has 1 aromatic carbocycles. The van der Waals surface area contributed by atoms with E-state index in [1.54, 1.807) is 0 Å². The minimum Gasteiger partial charge on any atom is -0.350 e. The molecule has 1 aromatic heterocycles. The molecule has 0 bridgehead atoms. The fraction of sp³-hybridized carbons (Fsp3) is 0.467. The van der Waals surface area contributed by atoms with Gasteiger partial charge in [-0.1, -0.05) is 18.2 Å². The van der Waals surface area contributed by atoms with E-state index in [1.165, 1.54) is 42.3 Å². The molecule has 2 heterocycles. The van der Waals surface area contributed by atoms with Gasteiger partial charge in [-0.2, -0.15) is 0 Å². The van der Waals surface area contributed by atoms with Gasteiger partial charge in [-0.15, -0.1) is 0 Å². The normalized spacial score (nSPS) is 21.4. The average Bonchev–Trinajstić information content (AvgIpc) is 2.87. The SMILES string of the molecule is CN1CCCC1Cc1cn(C)c2ccccc12. The van der Waals surface area contributed by atoms with E-state index >= 15 is 0 Å². The Bertz CT molecular complexity index is 527. The second kappa shape index (κ2) is 4.19. The summed E-state index contributed by atoms with van der Waals surface area (Å²) in [6.07, 6.45) is 6.19. The van der Waals surface area contributed by atoms with Crippen molar-refractivity contribution in [3.63, 3.8) is 0 Å². The lowest BCUT2D eigenvalue weighted by atomic mass is 10.0. The molecule has 2 nitrogen and oxygen atoms in total. The summed E-state index contributed by atoms with van der Waals surface area (Å²) in [6.45, 7) is 1.26. The lowest BCUT2D eigenvalue weighted by Gasteiger charge is -2.18. The molecule has 1 aliphatic rings. The zero-order chi connectivity index (χ0) is 11.8. The summed E-state index contributed by atoms with van der Waals surface area (Å²) in [6, 6.07) is 9.45. The van der Waals surface area contributed by atoms with E-state index in [2.05, 4.69) is 54.0 Å². The quantitative estimate of drug-likeness (QED) is 0.767. The third-order valence-electron chi connectivity index (χ3n) is 4.11. The lowest BCUT2D eigenvalue weighted by Crippen LogP contribution is -2.26. The van der Waals surface area contributed by atoms with E-state index in [1.807, 2.05) is 0 Å². The van der Waals surface area contributed by atoms with Gasteiger partial charge in [-0.3, -0.25) is 0 Å². The molecule has 0 spiro atoms. The first-order valence-corrected chi connectivity index (χ1v) is 6.49. The molecule has 0 amide bonds. The first-order chi connectivity index (χ1) is 8.25. The zero-order valence-electron chi connectivity index (χ0n) is 10.7. The largest absolute Gasteiger partial charge is 0.350 e. The van der Waals surface area contributed by atoms with Crippen molar-refractivity contribution >= 4 is 10.9 Å². The highest BCUT2D eigenvalue weighted by Gasteiger charge is 2.22. The molecule has 0 saturated carbocycles. The van der Waals surface area contributed by atoms with Crippen LogP contribution in [-0.2, 0) is 13.5 Å². The second-order valence-corrected chi connectivity index (χ2v) is 5.26. The summed E-state index contributed by atoms with van der Waals surface area (Å²) in [5.74, 6) is 0. The molecule has 0 aliphatic carbocycles. The summed E-state index contributed by atoms with van der Waals surface area (Å²) in [5.41, 5.74) is 2.85. The van der Waals surface area contributed by atoms with E-state index in [9.17, 15) is 0 Å². The highest BCUT2D eigenvalue weighted by Crippen LogP contribution is 2.25. The second-order valence-electron chi connectivity index (χ2n) is 5.26. The van der Waals surface area contributed by atoms with Crippen LogP contribution in [-0.4, -0.2) is 29.1 Å². The Labute approximate surface area is 103 Å². The minimum atomic E-state index is 0.737. The highest BCUT2D eigenvalue weighted by molar-refractivity contribution is 5.83. The van der Waals surface area contributed by atoms with Crippen molar-refractivity contribution in [3.05, 3.63) is 36.0 Å². The standard InChI is InChI=1S/C15H20N2/c1-16-9-5-6-13(16)10-12-11-17(2)15-8-4-3-7-14(12)15/h3-4,7-8,11,13H,5-6,9-10H2,1-2H3. The first kappa shape index (κ1) is 10.8. The molecule has 17 heavy (non-hydrogen) atoms. The van der Waals surface area contributed by atoms with Gasteiger partial charge < -0.3 is 9.47 Å². The smallest absolute Gasteiger partial charge is 0.0480 e. The van der Waals surface area contributed by atoms with Crippen molar-refractivity contribution in [2.75, 3.05) is 13.6 Å². The highest BCUT2D eigenvalue weighted by atomic mass is 15.1. The van der Waals surface area contributed by atoms with E-state index in [0.29, 0.717) is 0 Å². The number of aromatic nitrogens is 1. The van der Waals surface area contributed by atoms with Crippen LogP contribution in [0.3, 0.4) is 0 Å². The summed E-state index contributed by atoms with van der Waals surface area (Å²) < 4.78 is 2.25. The molecule has 2 heteroatoms. The summed E-state index contributed by atoms with van der Waals surface area (Å²) in [5, 5.41) is 1.43. The lowest BCUT2D eigenvalue weighted by molar-refractivity contribution is 0.309. The Balaban J connectivity index is 1.95. The van der Waals surface area contributed by atoms with Gasteiger partial charge in [0.25, 0.3) is 0 Å². The van der Waals surface area contributed by atoms with Crippen LogP contribution in [0.25, 0.3) is 10.9 Å². The zero-order valence-corrected chi connectivity index (χ0v) is 10.7. The molecular weight excluding hydrogens is 208 g/mol. The number of hydrogen-bond acceptors (Lipinski definition) is 1. The molecule has 1 aliphatic heterocycles. The summed E-state index contributed by atoms with van der Waals surface area (Å²) in [7, 11) is 4.40. The molecule has 3 rings (SSSR count). The van der Waals surface area contributed by atoms with E-state index in [-0.39, 0.29) is 0 Å². The number of rotatable bonds is 2. The predicted molar refractivity (Wildman–Crippen MR) is 72.3 cm³/mol. The van der Waals surface area contributed by atoms with Crippen molar-refractivity contribution in [2.24, 2.45) is 7.05 Å². The van der Waals surface area contributed by atoms with Crippen molar-refractivity contribution in [1.82, 2.24) is 9.47 Å². The van der Waals surface area contributed by atoms with Crippen molar-refractivity contribution in [3.8, 4) is 0 Å². The van der Waals surface area contributed by atoms with Gasteiger partial charge in [0, 0.05) is 30.2 Å². The third kappa shape index (κ3) is 1.87. The average molecular weight is 228 g/mol. The Morgan fingerprint density at radius 2 is 2.06 bits per heavy atom. The molecule has 1 atom stereocenters. The van der Waals surface area contributed by atoms with Crippen molar-refractivity contribution < 1.29 is 0 Å². The first-order valence-electron chi connectivity index (χ1n) is 6.49. The Kier molecular flexibility index (Phi) is 2.67. The molecular formula is C15H20N2. The van der Waals surface area contributed by atoms with E-state index in [4.69, 9.17) is 0 Å². The van der Waals surface area contributed by atoms with Gasteiger partial charge in [-0.05, 0) is 44.5 Å². The summed E-state index contributed by atoms with van der Waals surface area (Å²) >= 11 is 0. The van der Waals surface area contributed by atoms with Gasteiger partial charge in [0.1, 0.15) is 0 Å². The van der Waals surface area contributed by atoms with E-state index in [0.717, 1.165) is 6.04 Å². The number of fused-ring (bicyclic) bond motifs is 1. The fourth-order valence-corrected chi connectivity index (χ4v) is 3.08. The maximum Gasteiger partial charge on any atom is 0.0480 e. The minimum absolute atomic E-state index is 0.737. The number of aryl methyl sites for hydroxylation is 1. The van der Waals surface area contributed by atoms with Gasteiger partial charge in [0.2, 0.25) is 0 Å². The van der Waals surface area contributed by atoms with Gasteiger partial charge in [-0.25, -0.2) is 0 Å². The molecule has 0 N–H and O–H groups in total. The van der Waals surface area contributed by atoms with Crippen LogP contribution in [0, 0.1) is 0 Å². The summed E-state index contributed by atoms with van der Waals surface area (Å²) in [4.78, 5) is 2.50. The Morgan fingerprint density at radius 3 is 2.82 bits per heavy atom. The topological polar surface area (TPSA) is 8.17 Å². The molecule has 1 unspecified atom stereocenters. The number of para-hydroxylation sites is 1. The van der Waals surface area contributed by atoms with Gasteiger partial charge >= 0.3 is 0 Å². The number of hydrogen-bond donors (Lipinski definition) is 0. The third-order valence-corrected chi connectivity index (χ3v) is 4.11.